The van der Waals surface area contributed by atoms with Crippen molar-refractivity contribution in [3.8, 4) is 0 Å². The van der Waals surface area contributed by atoms with E-state index < -0.39 is 17.5 Å². The van der Waals surface area contributed by atoms with E-state index in [4.69, 9.17) is 9.47 Å². The normalized spacial score (nSPS) is 31.5. The standard InChI is InChI=1S/C13H19NO5/c1-7(15)14-5-8-4-9(8)11(16)19-10-12(17)18-6-13(10,2)3/h8-10H,4-6H2,1-3H3,(H,14,15)/t8-,9-,10+/m1/s1. The minimum Gasteiger partial charge on any atom is -0.462 e. The fraction of sp³-hybridized carbons (Fsp3) is 0.769. The average molecular weight is 269 g/mol. The number of hydrogen-bond acceptors (Lipinski definition) is 5. The van der Waals surface area contributed by atoms with Gasteiger partial charge in [0.1, 0.15) is 6.61 Å². The van der Waals surface area contributed by atoms with E-state index in [2.05, 4.69) is 5.32 Å². The number of nitrogens with one attached hydrogen (secondary N) is 1. The van der Waals surface area contributed by atoms with Crippen LogP contribution in [0.2, 0.25) is 0 Å². The molecule has 1 aliphatic heterocycles. The van der Waals surface area contributed by atoms with Crippen LogP contribution in [0.3, 0.4) is 0 Å². The van der Waals surface area contributed by atoms with Crippen molar-refractivity contribution >= 4 is 17.8 Å². The lowest BCUT2D eigenvalue weighted by Gasteiger charge is -2.21. The Balaban J connectivity index is 1.83. The smallest absolute Gasteiger partial charge is 0.348 e. The molecule has 3 atom stereocenters. The van der Waals surface area contributed by atoms with Gasteiger partial charge in [0.2, 0.25) is 12.0 Å². The van der Waals surface area contributed by atoms with Crippen LogP contribution < -0.4 is 5.32 Å². The fourth-order valence-electron chi connectivity index (χ4n) is 2.18. The SMILES string of the molecule is CC(=O)NC[C@H]1C[C@H]1C(=O)O[C@H]1C(=O)OCC1(C)C. The zero-order chi connectivity index (χ0) is 14.2. The molecular formula is C13H19NO5. The molecule has 6 heteroatoms. The zero-order valence-electron chi connectivity index (χ0n) is 11.4. The van der Waals surface area contributed by atoms with Crippen LogP contribution in [0.4, 0.5) is 0 Å². The van der Waals surface area contributed by atoms with Gasteiger partial charge < -0.3 is 14.8 Å². The van der Waals surface area contributed by atoms with Gasteiger partial charge in [0.15, 0.2) is 0 Å². The summed E-state index contributed by atoms with van der Waals surface area (Å²) >= 11 is 0. The zero-order valence-corrected chi connectivity index (χ0v) is 11.4. The second-order valence-corrected chi connectivity index (χ2v) is 5.95. The van der Waals surface area contributed by atoms with Crippen LogP contribution in [-0.2, 0) is 23.9 Å². The topological polar surface area (TPSA) is 81.7 Å². The third kappa shape index (κ3) is 3.05. The van der Waals surface area contributed by atoms with Crippen molar-refractivity contribution in [2.75, 3.05) is 13.2 Å². The molecule has 1 N–H and O–H groups in total. The molecule has 1 saturated carbocycles. The number of amides is 1. The summed E-state index contributed by atoms with van der Waals surface area (Å²) in [6.07, 6.45) is -0.122. The lowest BCUT2D eigenvalue weighted by molar-refractivity contribution is -0.164. The molecule has 1 amide bonds. The molecule has 0 radical (unpaired) electrons. The summed E-state index contributed by atoms with van der Waals surface area (Å²) in [7, 11) is 0. The highest BCUT2D eigenvalue weighted by Gasteiger charge is 2.50. The highest BCUT2D eigenvalue weighted by molar-refractivity contribution is 5.83. The second-order valence-electron chi connectivity index (χ2n) is 5.95. The van der Waals surface area contributed by atoms with E-state index in [-0.39, 0.29) is 30.3 Å². The molecule has 2 rings (SSSR count). The Labute approximate surface area is 111 Å². The largest absolute Gasteiger partial charge is 0.462 e. The third-order valence-corrected chi connectivity index (χ3v) is 3.58. The van der Waals surface area contributed by atoms with E-state index in [1.54, 1.807) is 0 Å². The van der Waals surface area contributed by atoms with Crippen molar-refractivity contribution in [1.29, 1.82) is 0 Å². The summed E-state index contributed by atoms with van der Waals surface area (Å²) < 4.78 is 10.2. The molecule has 1 aliphatic carbocycles. The lowest BCUT2D eigenvalue weighted by atomic mass is 9.90. The van der Waals surface area contributed by atoms with Gasteiger partial charge in [-0.2, -0.15) is 0 Å². The van der Waals surface area contributed by atoms with E-state index in [9.17, 15) is 14.4 Å². The number of hydrogen-bond donors (Lipinski definition) is 1. The van der Waals surface area contributed by atoms with Crippen molar-refractivity contribution < 1.29 is 23.9 Å². The van der Waals surface area contributed by atoms with Crippen molar-refractivity contribution in [1.82, 2.24) is 5.32 Å². The van der Waals surface area contributed by atoms with E-state index in [1.807, 2.05) is 13.8 Å². The number of esters is 2. The molecule has 19 heavy (non-hydrogen) atoms. The van der Waals surface area contributed by atoms with Crippen LogP contribution in [0.5, 0.6) is 0 Å². The molecule has 0 aromatic carbocycles. The van der Waals surface area contributed by atoms with Crippen molar-refractivity contribution in [3.63, 3.8) is 0 Å². The van der Waals surface area contributed by atoms with Gasteiger partial charge in [-0.05, 0) is 12.3 Å². The molecule has 0 aromatic heterocycles. The van der Waals surface area contributed by atoms with E-state index in [0.717, 1.165) is 0 Å². The van der Waals surface area contributed by atoms with E-state index >= 15 is 0 Å². The second kappa shape index (κ2) is 4.83. The molecular weight excluding hydrogens is 250 g/mol. The van der Waals surface area contributed by atoms with Crippen molar-refractivity contribution in [3.05, 3.63) is 0 Å². The van der Waals surface area contributed by atoms with Crippen LogP contribution in [0, 0.1) is 17.3 Å². The fourth-order valence-corrected chi connectivity index (χ4v) is 2.18. The average Bonchev–Trinajstić information content (AvgIpc) is 3.04. The van der Waals surface area contributed by atoms with Crippen LogP contribution in [0.15, 0.2) is 0 Å². The highest BCUT2D eigenvalue weighted by Crippen LogP contribution is 2.40. The van der Waals surface area contributed by atoms with Gasteiger partial charge in [0.05, 0.1) is 5.92 Å². The molecule has 1 heterocycles. The third-order valence-electron chi connectivity index (χ3n) is 3.58. The van der Waals surface area contributed by atoms with Gasteiger partial charge >= 0.3 is 11.9 Å². The lowest BCUT2D eigenvalue weighted by Crippen LogP contribution is -2.35. The Kier molecular flexibility index (Phi) is 3.52. The monoisotopic (exact) mass is 269 g/mol. The Morgan fingerprint density at radius 1 is 1.47 bits per heavy atom. The molecule has 2 aliphatic rings. The number of carbonyl (C=O) groups excluding carboxylic acids is 3. The summed E-state index contributed by atoms with van der Waals surface area (Å²) in [6, 6.07) is 0. The summed E-state index contributed by atoms with van der Waals surface area (Å²) in [5.41, 5.74) is -0.477. The minimum atomic E-state index is -0.818. The van der Waals surface area contributed by atoms with Crippen LogP contribution in [0.1, 0.15) is 27.2 Å². The molecule has 0 spiro atoms. The van der Waals surface area contributed by atoms with Gasteiger partial charge in [-0.15, -0.1) is 0 Å². The van der Waals surface area contributed by atoms with Crippen LogP contribution >= 0.6 is 0 Å². The van der Waals surface area contributed by atoms with E-state index in [0.29, 0.717) is 13.0 Å². The predicted octanol–water partition coefficient (Wildman–Crippen LogP) is 0.253. The first kappa shape index (κ1) is 13.8. The Hall–Kier alpha value is -1.59. The highest BCUT2D eigenvalue weighted by atomic mass is 16.6. The summed E-state index contributed by atoms with van der Waals surface area (Å²) in [5, 5.41) is 2.67. The maximum atomic E-state index is 11.9. The van der Waals surface area contributed by atoms with Gasteiger partial charge in [-0.3, -0.25) is 9.59 Å². The Morgan fingerprint density at radius 2 is 2.16 bits per heavy atom. The molecule has 0 bridgehead atoms. The number of cyclic esters (lactones) is 1. The number of rotatable bonds is 4. The first-order valence-electron chi connectivity index (χ1n) is 6.43. The van der Waals surface area contributed by atoms with Crippen LogP contribution in [-0.4, -0.2) is 37.1 Å². The Bertz CT molecular complexity index is 417. The molecule has 0 aromatic rings. The van der Waals surface area contributed by atoms with Gasteiger partial charge in [0, 0.05) is 18.9 Å². The number of carbonyl (C=O) groups is 3. The predicted molar refractivity (Wildman–Crippen MR) is 64.9 cm³/mol. The first-order chi connectivity index (χ1) is 8.81. The maximum absolute atomic E-state index is 11.9. The summed E-state index contributed by atoms with van der Waals surface area (Å²) in [5.74, 6) is -1.04. The molecule has 0 unspecified atom stereocenters. The Morgan fingerprint density at radius 3 is 2.68 bits per heavy atom. The van der Waals surface area contributed by atoms with Gasteiger partial charge in [-0.1, -0.05) is 13.8 Å². The maximum Gasteiger partial charge on any atom is 0.348 e. The summed E-state index contributed by atoms with van der Waals surface area (Å²) in [6.45, 7) is 5.85. The quantitative estimate of drug-likeness (QED) is 0.740. The minimum absolute atomic E-state index is 0.112. The molecule has 6 nitrogen and oxygen atoms in total. The molecule has 106 valence electrons. The van der Waals surface area contributed by atoms with Gasteiger partial charge in [0.25, 0.3) is 0 Å². The number of ether oxygens (including phenoxy) is 2. The van der Waals surface area contributed by atoms with Gasteiger partial charge in [-0.25, -0.2) is 4.79 Å². The van der Waals surface area contributed by atoms with Crippen molar-refractivity contribution in [2.45, 2.75) is 33.3 Å². The van der Waals surface area contributed by atoms with Crippen molar-refractivity contribution in [2.24, 2.45) is 17.3 Å². The van der Waals surface area contributed by atoms with Crippen LogP contribution in [0.25, 0.3) is 0 Å². The molecule has 1 saturated heterocycles. The molecule has 2 fully saturated rings. The summed E-state index contributed by atoms with van der Waals surface area (Å²) in [4.78, 5) is 34.2. The van der Waals surface area contributed by atoms with E-state index in [1.165, 1.54) is 6.92 Å². The first-order valence-corrected chi connectivity index (χ1v) is 6.43.